The maximum atomic E-state index is 12.2. The van der Waals surface area contributed by atoms with Crippen molar-refractivity contribution in [2.75, 3.05) is 13.2 Å². The summed E-state index contributed by atoms with van der Waals surface area (Å²) in [7, 11) is 0. The minimum atomic E-state index is -0.341. The number of aliphatic hydroxyl groups is 1. The van der Waals surface area contributed by atoms with Crippen LogP contribution in [0.1, 0.15) is 25.7 Å². The van der Waals surface area contributed by atoms with Crippen molar-refractivity contribution in [3.8, 4) is 5.75 Å². The average Bonchev–Trinajstić information content (AvgIpc) is 3.04. The first-order chi connectivity index (χ1) is 10.5. The largest absolute Gasteiger partial charge is 0.492 e. The van der Waals surface area contributed by atoms with Crippen molar-refractivity contribution in [2.24, 2.45) is 5.92 Å². The van der Waals surface area contributed by atoms with Crippen molar-refractivity contribution in [1.29, 1.82) is 0 Å². The number of hydrogen-bond donors (Lipinski definition) is 1. The fourth-order valence-corrected chi connectivity index (χ4v) is 3.88. The van der Waals surface area contributed by atoms with Crippen molar-refractivity contribution in [3.63, 3.8) is 0 Å². The Balaban J connectivity index is 1.43. The number of piperidine rings is 1. The zero-order valence-corrected chi connectivity index (χ0v) is 13.7. The van der Waals surface area contributed by atoms with Gasteiger partial charge in [0.15, 0.2) is 0 Å². The third-order valence-electron chi connectivity index (χ3n) is 4.46. The van der Waals surface area contributed by atoms with Crippen LogP contribution < -0.4 is 4.74 Å². The van der Waals surface area contributed by atoms with Gasteiger partial charge in [-0.3, -0.25) is 4.79 Å². The Morgan fingerprint density at radius 2 is 2.18 bits per heavy atom. The molecule has 2 bridgehead atoms. The van der Waals surface area contributed by atoms with E-state index >= 15 is 0 Å². The molecule has 1 N–H and O–H groups in total. The highest BCUT2D eigenvalue weighted by Gasteiger charge is 2.45. The Kier molecular flexibility index (Phi) is 4.81. The van der Waals surface area contributed by atoms with Crippen molar-refractivity contribution in [1.82, 2.24) is 4.90 Å². The molecule has 1 aromatic carbocycles. The maximum absolute atomic E-state index is 12.2. The van der Waals surface area contributed by atoms with Gasteiger partial charge >= 0.3 is 0 Å². The van der Waals surface area contributed by atoms with Gasteiger partial charge in [0.05, 0.1) is 23.8 Å². The SMILES string of the molecule is O=C(CCCOc1ccc(Cl)cc1Cl)N1CC2CC(O)C1C2. The molecule has 1 saturated carbocycles. The number of rotatable bonds is 5. The molecule has 1 heterocycles. The van der Waals surface area contributed by atoms with Crippen LogP contribution in [0.25, 0.3) is 0 Å². The lowest BCUT2D eigenvalue weighted by Crippen LogP contribution is -2.44. The number of aliphatic hydroxyl groups excluding tert-OH is 1. The molecule has 1 aliphatic carbocycles. The summed E-state index contributed by atoms with van der Waals surface area (Å²) in [5.41, 5.74) is 0. The van der Waals surface area contributed by atoms with Gasteiger partial charge < -0.3 is 14.7 Å². The Morgan fingerprint density at radius 1 is 1.36 bits per heavy atom. The summed E-state index contributed by atoms with van der Waals surface area (Å²) in [5, 5.41) is 10.9. The third kappa shape index (κ3) is 3.34. The molecule has 6 heteroatoms. The number of halogens is 2. The van der Waals surface area contributed by atoms with Crippen LogP contribution in [0.3, 0.4) is 0 Å². The van der Waals surface area contributed by atoms with E-state index in [1.54, 1.807) is 18.2 Å². The van der Waals surface area contributed by atoms with Crippen LogP contribution >= 0.6 is 23.2 Å². The summed E-state index contributed by atoms with van der Waals surface area (Å²) in [6.07, 6.45) is 2.51. The third-order valence-corrected chi connectivity index (χ3v) is 4.99. The van der Waals surface area contributed by atoms with E-state index in [4.69, 9.17) is 27.9 Å². The van der Waals surface area contributed by atoms with Crippen LogP contribution in [0.2, 0.25) is 10.0 Å². The molecule has 3 atom stereocenters. The lowest BCUT2D eigenvalue weighted by Gasteiger charge is -2.30. The van der Waals surface area contributed by atoms with Gasteiger partial charge in [0, 0.05) is 18.0 Å². The number of fused-ring (bicyclic) bond motifs is 2. The van der Waals surface area contributed by atoms with Gasteiger partial charge in [-0.1, -0.05) is 23.2 Å². The summed E-state index contributed by atoms with van der Waals surface area (Å²) in [4.78, 5) is 14.1. The molecule has 1 saturated heterocycles. The Morgan fingerprint density at radius 3 is 2.86 bits per heavy atom. The van der Waals surface area contributed by atoms with E-state index in [1.807, 2.05) is 4.90 Å². The predicted molar refractivity (Wildman–Crippen MR) is 85.4 cm³/mol. The molecule has 3 rings (SSSR count). The van der Waals surface area contributed by atoms with E-state index in [1.165, 1.54) is 0 Å². The van der Waals surface area contributed by atoms with Crippen LogP contribution in [-0.4, -0.2) is 41.2 Å². The molecule has 22 heavy (non-hydrogen) atoms. The normalized spacial score (nSPS) is 26.5. The molecular formula is C16H19Cl2NO3. The molecular weight excluding hydrogens is 325 g/mol. The van der Waals surface area contributed by atoms with Gasteiger partial charge in [-0.15, -0.1) is 0 Å². The van der Waals surface area contributed by atoms with Crippen LogP contribution in [0.15, 0.2) is 18.2 Å². The van der Waals surface area contributed by atoms with E-state index in [9.17, 15) is 9.90 Å². The van der Waals surface area contributed by atoms with Crippen LogP contribution in [-0.2, 0) is 4.79 Å². The zero-order chi connectivity index (χ0) is 15.7. The lowest BCUT2D eigenvalue weighted by molar-refractivity contribution is -0.135. The minimum absolute atomic E-state index is 0.0316. The maximum Gasteiger partial charge on any atom is 0.223 e. The lowest BCUT2D eigenvalue weighted by atomic mass is 10.1. The number of amides is 1. The molecule has 3 unspecified atom stereocenters. The second-order valence-electron chi connectivity index (χ2n) is 6.04. The fraction of sp³-hybridized carbons (Fsp3) is 0.562. The van der Waals surface area contributed by atoms with E-state index in [0.29, 0.717) is 41.2 Å². The van der Waals surface area contributed by atoms with Gasteiger partial charge in [-0.2, -0.15) is 0 Å². The molecule has 1 aliphatic heterocycles. The Labute approximate surface area is 140 Å². The summed E-state index contributed by atoms with van der Waals surface area (Å²) >= 11 is 11.8. The second-order valence-corrected chi connectivity index (χ2v) is 6.89. The van der Waals surface area contributed by atoms with Crippen molar-refractivity contribution in [2.45, 2.75) is 37.8 Å². The van der Waals surface area contributed by atoms with Gasteiger partial charge in [0.1, 0.15) is 5.75 Å². The van der Waals surface area contributed by atoms with Gasteiger partial charge in [-0.25, -0.2) is 0 Å². The summed E-state index contributed by atoms with van der Waals surface area (Å²) in [6, 6.07) is 5.11. The average molecular weight is 344 g/mol. The first-order valence-electron chi connectivity index (χ1n) is 7.60. The zero-order valence-electron chi connectivity index (χ0n) is 12.2. The van der Waals surface area contributed by atoms with Crippen LogP contribution in [0.5, 0.6) is 5.75 Å². The highest BCUT2D eigenvalue weighted by atomic mass is 35.5. The van der Waals surface area contributed by atoms with Gasteiger partial charge in [0.2, 0.25) is 5.91 Å². The summed E-state index contributed by atoms with van der Waals surface area (Å²) in [6.45, 7) is 1.22. The molecule has 4 nitrogen and oxygen atoms in total. The van der Waals surface area contributed by atoms with Gasteiger partial charge in [0.25, 0.3) is 0 Å². The smallest absolute Gasteiger partial charge is 0.223 e. The fourth-order valence-electron chi connectivity index (χ4n) is 3.42. The van der Waals surface area contributed by atoms with E-state index < -0.39 is 0 Å². The summed E-state index contributed by atoms with van der Waals surface area (Å²) < 4.78 is 5.58. The number of nitrogens with zero attached hydrogens (tertiary/aromatic N) is 1. The predicted octanol–water partition coefficient (Wildman–Crippen LogP) is 3.13. The molecule has 2 aliphatic rings. The van der Waals surface area contributed by atoms with Crippen molar-refractivity contribution < 1.29 is 14.6 Å². The molecule has 0 aromatic heterocycles. The van der Waals surface area contributed by atoms with Gasteiger partial charge in [-0.05, 0) is 43.4 Å². The number of likely N-dealkylation sites (tertiary alicyclic amines) is 1. The molecule has 0 spiro atoms. The molecule has 2 fully saturated rings. The number of carbonyl (C=O) groups excluding carboxylic acids is 1. The van der Waals surface area contributed by atoms with Crippen LogP contribution in [0, 0.1) is 5.92 Å². The highest BCUT2D eigenvalue weighted by molar-refractivity contribution is 6.35. The molecule has 120 valence electrons. The first kappa shape index (κ1) is 15.9. The number of benzene rings is 1. The van der Waals surface area contributed by atoms with E-state index in [2.05, 4.69) is 0 Å². The molecule has 1 aromatic rings. The van der Waals surface area contributed by atoms with Crippen LogP contribution in [0.4, 0.5) is 0 Å². The highest BCUT2D eigenvalue weighted by Crippen LogP contribution is 2.38. The number of hydrogen-bond acceptors (Lipinski definition) is 3. The topological polar surface area (TPSA) is 49.8 Å². The van der Waals surface area contributed by atoms with Crippen molar-refractivity contribution in [3.05, 3.63) is 28.2 Å². The summed E-state index contributed by atoms with van der Waals surface area (Å²) in [5.74, 6) is 1.17. The minimum Gasteiger partial charge on any atom is -0.492 e. The molecule has 1 amide bonds. The number of ether oxygens (including phenoxy) is 1. The monoisotopic (exact) mass is 343 g/mol. The van der Waals surface area contributed by atoms with Crippen molar-refractivity contribution >= 4 is 29.1 Å². The Hall–Kier alpha value is -0.970. The van der Waals surface area contributed by atoms with E-state index in [-0.39, 0.29) is 18.1 Å². The standard InChI is InChI=1S/C16H19Cl2NO3/c17-11-3-4-15(12(18)8-11)22-5-1-2-16(21)19-9-10-6-13(19)14(20)7-10/h3-4,8,10,13-14,20H,1-2,5-7,9H2. The second kappa shape index (κ2) is 6.65. The Bertz CT molecular complexity index is 566. The first-order valence-corrected chi connectivity index (χ1v) is 8.35. The number of carbonyl (C=O) groups is 1. The molecule has 0 radical (unpaired) electrons. The van der Waals surface area contributed by atoms with E-state index in [0.717, 1.165) is 19.4 Å². The quantitative estimate of drug-likeness (QED) is 0.835.